The molecular formula is C14H19NO3. The summed E-state index contributed by atoms with van der Waals surface area (Å²) in [5.41, 5.74) is 1.12. The highest BCUT2D eigenvalue weighted by Gasteiger charge is 2.36. The minimum Gasteiger partial charge on any atom is -0.480 e. The molecule has 2 rings (SSSR count). The van der Waals surface area contributed by atoms with Gasteiger partial charge in [-0.05, 0) is 12.1 Å². The highest BCUT2D eigenvalue weighted by Crippen LogP contribution is 2.21. The van der Waals surface area contributed by atoms with Crippen molar-refractivity contribution in [3.8, 4) is 0 Å². The van der Waals surface area contributed by atoms with E-state index < -0.39 is 12.0 Å². The molecule has 0 aromatic heterocycles. The number of likely N-dealkylation sites (N-methyl/N-ethyl adjacent to an activating group) is 1. The Bertz CT molecular complexity index is 393. The number of aliphatic carboxylic acids is 1. The second kappa shape index (κ2) is 5.98. The summed E-state index contributed by atoms with van der Waals surface area (Å²) >= 11 is 0. The molecule has 18 heavy (non-hydrogen) atoms. The van der Waals surface area contributed by atoms with Crippen molar-refractivity contribution in [2.45, 2.75) is 32.1 Å². The van der Waals surface area contributed by atoms with Crippen LogP contribution in [0.5, 0.6) is 0 Å². The van der Waals surface area contributed by atoms with E-state index in [9.17, 15) is 4.79 Å². The number of likely N-dealkylation sites (tertiary alicyclic amines) is 1. The van der Waals surface area contributed by atoms with Gasteiger partial charge >= 0.3 is 5.97 Å². The number of rotatable bonds is 5. The normalized spacial score (nSPS) is 24.3. The Hall–Kier alpha value is -1.39. The summed E-state index contributed by atoms with van der Waals surface area (Å²) in [6, 6.07) is 9.56. The maximum absolute atomic E-state index is 11.1. The number of carboxylic acids is 1. The third kappa shape index (κ3) is 3.09. The second-order valence-corrected chi connectivity index (χ2v) is 4.60. The highest BCUT2D eigenvalue weighted by atomic mass is 16.5. The first kappa shape index (κ1) is 13.1. The first-order valence-corrected chi connectivity index (χ1v) is 6.33. The van der Waals surface area contributed by atoms with Crippen molar-refractivity contribution in [3.63, 3.8) is 0 Å². The largest absolute Gasteiger partial charge is 0.480 e. The van der Waals surface area contributed by atoms with Crippen LogP contribution in [0.1, 0.15) is 18.9 Å². The monoisotopic (exact) mass is 249 g/mol. The third-order valence-electron chi connectivity index (χ3n) is 3.38. The Kier molecular flexibility index (Phi) is 4.33. The van der Waals surface area contributed by atoms with Crippen molar-refractivity contribution >= 4 is 5.97 Å². The molecule has 0 aliphatic carbocycles. The lowest BCUT2D eigenvalue weighted by molar-refractivity contribution is -0.142. The Morgan fingerprint density at radius 1 is 1.44 bits per heavy atom. The molecule has 0 radical (unpaired) electrons. The lowest BCUT2D eigenvalue weighted by Gasteiger charge is -2.17. The van der Waals surface area contributed by atoms with Crippen LogP contribution in [0.25, 0.3) is 0 Å². The summed E-state index contributed by atoms with van der Waals surface area (Å²) in [6.07, 6.45) is 0.599. The van der Waals surface area contributed by atoms with Gasteiger partial charge in [0.05, 0.1) is 12.7 Å². The molecule has 0 unspecified atom stereocenters. The molecule has 2 atom stereocenters. The van der Waals surface area contributed by atoms with Crippen molar-refractivity contribution < 1.29 is 14.6 Å². The summed E-state index contributed by atoms with van der Waals surface area (Å²) in [6.45, 7) is 3.99. The van der Waals surface area contributed by atoms with Gasteiger partial charge in [-0.15, -0.1) is 0 Å². The fraction of sp³-hybridized carbons (Fsp3) is 0.500. The Balaban J connectivity index is 1.87. The van der Waals surface area contributed by atoms with E-state index in [4.69, 9.17) is 9.84 Å². The molecule has 0 bridgehead atoms. The van der Waals surface area contributed by atoms with Crippen LogP contribution in [0, 0.1) is 0 Å². The third-order valence-corrected chi connectivity index (χ3v) is 3.38. The predicted molar refractivity (Wildman–Crippen MR) is 68.3 cm³/mol. The summed E-state index contributed by atoms with van der Waals surface area (Å²) in [5.74, 6) is -0.748. The minimum absolute atomic E-state index is 0.0197. The Morgan fingerprint density at radius 3 is 2.72 bits per heavy atom. The van der Waals surface area contributed by atoms with E-state index in [2.05, 4.69) is 0 Å². The summed E-state index contributed by atoms with van der Waals surface area (Å²) in [5, 5.41) is 9.12. The first-order chi connectivity index (χ1) is 8.70. The Labute approximate surface area is 107 Å². The van der Waals surface area contributed by atoms with Crippen LogP contribution in [0.2, 0.25) is 0 Å². The summed E-state index contributed by atoms with van der Waals surface area (Å²) < 4.78 is 5.80. The van der Waals surface area contributed by atoms with Crippen molar-refractivity contribution in [1.29, 1.82) is 0 Å². The van der Waals surface area contributed by atoms with Crippen molar-refractivity contribution in [1.82, 2.24) is 4.90 Å². The zero-order valence-electron chi connectivity index (χ0n) is 10.6. The molecule has 1 saturated heterocycles. The fourth-order valence-corrected chi connectivity index (χ4v) is 2.38. The van der Waals surface area contributed by atoms with Gasteiger partial charge in [-0.2, -0.15) is 0 Å². The van der Waals surface area contributed by atoms with Gasteiger partial charge in [-0.3, -0.25) is 9.69 Å². The number of hydrogen-bond donors (Lipinski definition) is 1. The van der Waals surface area contributed by atoms with Gasteiger partial charge in [-0.25, -0.2) is 0 Å². The molecule has 1 N–H and O–H groups in total. The molecule has 1 aliphatic heterocycles. The lowest BCUT2D eigenvalue weighted by Crippen LogP contribution is -2.35. The highest BCUT2D eigenvalue weighted by molar-refractivity contribution is 5.74. The zero-order valence-corrected chi connectivity index (χ0v) is 10.6. The maximum atomic E-state index is 11.1. The molecular weight excluding hydrogens is 230 g/mol. The molecule has 0 spiro atoms. The van der Waals surface area contributed by atoms with Crippen LogP contribution in [0.15, 0.2) is 30.3 Å². The summed E-state index contributed by atoms with van der Waals surface area (Å²) in [4.78, 5) is 13.0. The molecule has 0 saturated carbocycles. The second-order valence-electron chi connectivity index (χ2n) is 4.60. The number of benzene rings is 1. The van der Waals surface area contributed by atoms with Crippen molar-refractivity contribution in [2.24, 2.45) is 0 Å². The van der Waals surface area contributed by atoms with Crippen LogP contribution in [0.3, 0.4) is 0 Å². The molecule has 4 heteroatoms. The molecule has 1 aromatic carbocycles. The predicted octanol–water partition coefficient (Wildman–Crippen LogP) is 1.75. The minimum atomic E-state index is -0.748. The standard InChI is InChI=1S/C14H19NO3/c1-2-15-9-12(8-13(15)14(16)17)18-10-11-6-4-3-5-7-11/h3-7,12-13H,2,8-10H2,1H3,(H,16,17)/t12-,13+/m1/s1. The van der Waals surface area contributed by atoms with Crippen LogP contribution >= 0.6 is 0 Å². The van der Waals surface area contributed by atoms with Gasteiger partial charge in [0.2, 0.25) is 0 Å². The molecule has 1 aliphatic rings. The first-order valence-electron chi connectivity index (χ1n) is 6.33. The quantitative estimate of drug-likeness (QED) is 0.863. The number of ether oxygens (including phenoxy) is 1. The number of nitrogens with zero attached hydrogens (tertiary/aromatic N) is 1. The van der Waals surface area contributed by atoms with Crippen molar-refractivity contribution in [2.75, 3.05) is 13.1 Å². The van der Waals surface area contributed by atoms with Gasteiger partial charge in [0.15, 0.2) is 0 Å². The maximum Gasteiger partial charge on any atom is 0.321 e. The molecule has 0 amide bonds. The van der Waals surface area contributed by atoms with E-state index in [1.165, 1.54) is 0 Å². The van der Waals surface area contributed by atoms with Gasteiger partial charge in [0, 0.05) is 13.0 Å². The molecule has 98 valence electrons. The molecule has 4 nitrogen and oxygen atoms in total. The van der Waals surface area contributed by atoms with E-state index in [1.54, 1.807) is 0 Å². The topological polar surface area (TPSA) is 49.8 Å². The molecule has 1 fully saturated rings. The van der Waals surface area contributed by atoms with E-state index >= 15 is 0 Å². The smallest absolute Gasteiger partial charge is 0.321 e. The fourth-order valence-electron chi connectivity index (χ4n) is 2.38. The van der Waals surface area contributed by atoms with Gasteiger partial charge in [0.25, 0.3) is 0 Å². The van der Waals surface area contributed by atoms with Crippen LogP contribution in [0.4, 0.5) is 0 Å². The van der Waals surface area contributed by atoms with E-state index in [1.807, 2.05) is 42.2 Å². The average molecular weight is 249 g/mol. The van der Waals surface area contributed by atoms with E-state index in [-0.39, 0.29) is 6.10 Å². The van der Waals surface area contributed by atoms with Gasteiger partial charge in [-0.1, -0.05) is 37.3 Å². The van der Waals surface area contributed by atoms with Gasteiger partial charge < -0.3 is 9.84 Å². The average Bonchev–Trinajstić information content (AvgIpc) is 2.81. The van der Waals surface area contributed by atoms with Crippen LogP contribution < -0.4 is 0 Å². The number of hydrogen-bond acceptors (Lipinski definition) is 3. The SMILES string of the molecule is CCN1C[C@H](OCc2ccccc2)C[C@H]1C(=O)O. The lowest BCUT2D eigenvalue weighted by atomic mass is 10.2. The number of carboxylic acid groups (broad SMARTS) is 1. The van der Waals surface area contributed by atoms with Gasteiger partial charge in [0.1, 0.15) is 6.04 Å². The van der Waals surface area contributed by atoms with E-state index in [0.717, 1.165) is 12.1 Å². The molecule has 1 aromatic rings. The van der Waals surface area contributed by atoms with Crippen molar-refractivity contribution in [3.05, 3.63) is 35.9 Å². The van der Waals surface area contributed by atoms with Crippen LogP contribution in [-0.2, 0) is 16.1 Å². The molecule has 1 heterocycles. The zero-order chi connectivity index (χ0) is 13.0. The van der Waals surface area contributed by atoms with Crippen LogP contribution in [-0.4, -0.2) is 41.2 Å². The summed E-state index contributed by atoms with van der Waals surface area (Å²) in [7, 11) is 0. The van der Waals surface area contributed by atoms with E-state index in [0.29, 0.717) is 19.6 Å². The Morgan fingerprint density at radius 2 is 2.17 bits per heavy atom. The number of carbonyl (C=O) groups is 1.